The van der Waals surface area contributed by atoms with E-state index in [1.54, 1.807) is 18.2 Å². The van der Waals surface area contributed by atoms with Gasteiger partial charge in [0.1, 0.15) is 6.54 Å². The van der Waals surface area contributed by atoms with E-state index < -0.39 is 0 Å². The van der Waals surface area contributed by atoms with Crippen LogP contribution in [0.15, 0.2) is 59.4 Å². The van der Waals surface area contributed by atoms with Crippen LogP contribution in [0.3, 0.4) is 0 Å². The van der Waals surface area contributed by atoms with Crippen molar-refractivity contribution in [1.82, 2.24) is 14.9 Å². The third kappa shape index (κ3) is 3.37. The van der Waals surface area contributed by atoms with Gasteiger partial charge in [-0.2, -0.15) is 0 Å². The zero-order valence-corrected chi connectivity index (χ0v) is 13.1. The predicted octanol–water partition coefficient (Wildman–Crippen LogP) is 2.38. The number of aromatic nitrogens is 2. The third-order valence-corrected chi connectivity index (χ3v) is 3.85. The van der Waals surface area contributed by atoms with E-state index in [2.05, 4.69) is 10.3 Å². The Balaban J connectivity index is 1.80. The Hall–Kier alpha value is -2.73. The Morgan fingerprint density at radius 2 is 1.78 bits per heavy atom. The quantitative estimate of drug-likeness (QED) is 0.724. The van der Waals surface area contributed by atoms with Crippen molar-refractivity contribution < 1.29 is 4.79 Å². The zero-order valence-electron chi connectivity index (χ0n) is 12.3. The average Bonchev–Trinajstić information content (AvgIpc) is 2.58. The van der Waals surface area contributed by atoms with E-state index in [1.165, 1.54) is 4.57 Å². The molecular weight excluding hydrogens is 310 g/mol. The molecule has 0 aliphatic carbocycles. The largest absolute Gasteiger partial charge is 0.350 e. The van der Waals surface area contributed by atoms with Gasteiger partial charge < -0.3 is 10.3 Å². The van der Waals surface area contributed by atoms with Crippen LogP contribution in [0, 0.1) is 4.77 Å². The van der Waals surface area contributed by atoms with Crippen LogP contribution in [0.5, 0.6) is 0 Å². The summed E-state index contributed by atoms with van der Waals surface area (Å²) in [6.07, 6.45) is 0. The van der Waals surface area contributed by atoms with E-state index in [4.69, 9.17) is 12.2 Å². The summed E-state index contributed by atoms with van der Waals surface area (Å²) in [5, 5.41) is 3.30. The summed E-state index contributed by atoms with van der Waals surface area (Å²) in [5.41, 5.74) is 1.40. The van der Waals surface area contributed by atoms with Crippen molar-refractivity contribution in [2.75, 3.05) is 0 Å². The number of para-hydroxylation sites is 1. The third-order valence-electron chi connectivity index (χ3n) is 3.52. The highest BCUT2D eigenvalue weighted by atomic mass is 32.1. The van der Waals surface area contributed by atoms with E-state index in [1.807, 2.05) is 36.4 Å². The number of nitrogens with one attached hydrogen (secondary N) is 2. The minimum Gasteiger partial charge on any atom is -0.350 e. The highest BCUT2D eigenvalue weighted by Gasteiger charge is 2.09. The van der Waals surface area contributed by atoms with Crippen molar-refractivity contribution in [1.29, 1.82) is 0 Å². The van der Waals surface area contributed by atoms with E-state index >= 15 is 0 Å². The molecule has 0 bridgehead atoms. The molecule has 3 aromatic rings. The second kappa shape index (κ2) is 6.58. The summed E-state index contributed by atoms with van der Waals surface area (Å²) >= 11 is 5.19. The fourth-order valence-electron chi connectivity index (χ4n) is 2.34. The molecule has 116 valence electrons. The average molecular weight is 325 g/mol. The summed E-state index contributed by atoms with van der Waals surface area (Å²) in [7, 11) is 0. The number of fused-ring (bicyclic) bond motifs is 1. The van der Waals surface area contributed by atoms with Crippen molar-refractivity contribution in [3.63, 3.8) is 0 Å². The van der Waals surface area contributed by atoms with Gasteiger partial charge in [0.05, 0.1) is 10.9 Å². The monoisotopic (exact) mass is 325 g/mol. The predicted molar refractivity (Wildman–Crippen MR) is 91.7 cm³/mol. The van der Waals surface area contributed by atoms with Crippen molar-refractivity contribution in [3.8, 4) is 0 Å². The number of hydrogen-bond acceptors (Lipinski definition) is 3. The van der Waals surface area contributed by atoms with Crippen LogP contribution in [0.2, 0.25) is 0 Å². The number of benzene rings is 2. The topological polar surface area (TPSA) is 66.9 Å². The molecule has 0 fully saturated rings. The summed E-state index contributed by atoms with van der Waals surface area (Å²) < 4.78 is 1.52. The molecule has 1 heterocycles. The zero-order chi connectivity index (χ0) is 16.2. The maximum atomic E-state index is 12.5. The Morgan fingerprint density at radius 3 is 2.57 bits per heavy atom. The van der Waals surface area contributed by atoms with Gasteiger partial charge in [0.15, 0.2) is 4.77 Å². The van der Waals surface area contributed by atoms with Gasteiger partial charge in [-0.05, 0) is 29.9 Å². The minimum atomic E-state index is -0.265. The van der Waals surface area contributed by atoms with Gasteiger partial charge in [-0.3, -0.25) is 14.2 Å². The molecule has 1 aromatic heterocycles. The number of amides is 1. The van der Waals surface area contributed by atoms with E-state index in [-0.39, 0.29) is 22.8 Å². The standard InChI is InChI=1S/C17H15N3O2S/c21-15(18-10-12-6-2-1-3-7-12)11-20-16(22)13-8-4-5-9-14(13)19-17(20)23/h1-9H,10-11H2,(H,18,21)(H,19,23). The van der Waals surface area contributed by atoms with E-state index in [0.717, 1.165) is 5.56 Å². The number of hydrogen-bond donors (Lipinski definition) is 2. The molecule has 23 heavy (non-hydrogen) atoms. The van der Waals surface area contributed by atoms with Gasteiger partial charge in [0, 0.05) is 6.54 Å². The molecule has 0 atom stereocenters. The number of rotatable bonds is 4. The summed E-state index contributed by atoms with van der Waals surface area (Å²) in [6.45, 7) is 0.310. The first-order valence-electron chi connectivity index (χ1n) is 7.17. The number of nitrogens with zero attached hydrogens (tertiary/aromatic N) is 1. The Labute approximate surface area is 137 Å². The number of H-pyrrole nitrogens is 1. The van der Waals surface area contributed by atoms with Gasteiger partial charge in [-0.1, -0.05) is 42.5 Å². The van der Waals surface area contributed by atoms with Crippen LogP contribution in [-0.2, 0) is 17.9 Å². The lowest BCUT2D eigenvalue weighted by Crippen LogP contribution is -2.32. The Bertz CT molecular complexity index is 961. The fourth-order valence-corrected chi connectivity index (χ4v) is 2.60. The van der Waals surface area contributed by atoms with Crippen molar-refractivity contribution in [2.45, 2.75) is 13.1 Å². The van der Waals surface area contributed by atoms with Crippen molar-refractivity contribution >= 4 is 29.0 Å². The van der Waals surface area contributed by atoms with Gasteiger partial charge in [-0.25, -0.2) is 0 Å². The lowest BCUT2D eigenvalue weighted by molar-refractivity contribution is -0.121. The van der Waals surface area contributed by atoms with Crippen LogP contribution in [-0.4, -0.2) is 15.5 Å². The SMILES string of the molecule is O=C(Cn1c(=S)[nH]c2ccccc2c1=O)NCc1ccccc1. The molecule has 0 radical (unpaired) electrons. The highest BCUT2D eigenvalue weighted by Crippen LogP contribution is 2.05. The molecular formula is C17H15N3O2S. The van der Waals surface area contributed by atoms with Crippen LogP contribution in [0.25, 0.3) is 10.9 Å². The first-order valence-corrected chi connectivity index (χ1v) is 7.58. The number of carbonyl (C=O) groups excluding carboxylic acids is 1. The minimum absolute atomic E-state index is 0.105. The lowest BCUT2D eigenvalue weighted by Gasteiger charge is -2.09. The van der Waals surface area contributed by atoms with Gasteiger partial charge in [0.2, 0.25) is 5.91 Å². The normalized spacial score (nSPS) is 10.6. The molecule has 1 amide bonds. The maximum Gasteiger partial charge on any atom is 0.262 e. The van der Waals surface area contributed by atoms with Gasteiger partial charge >= 0.3 is 0 Å². The molecule has 0 spiro atoms. The van der Waals surface area contributed by atoms with E-state index in [9.17, 15) is 9.59 Å². The Kier molecular flexibility index (Phi) is 4.34. The summed E-state index contributed by atoms with van der Waals surface area (Å²) in [6, 6.07) is 16.7. The lowest BCUT2D eigenvalue weighted by atomic mass is 10.2. The molecule has 6 heteroatoms. The fraction of sp³-hybridized carbons (Fsp3) is 0.118. The number of carbonyl (C=O) groups is 1. The molecule has 0 saturated carbocycles. The molecule has 0 aliphatic rings. The first-order chi connectivity index (χ1) is 11.1. The summed E-state index contributed by atoms with van der Waals surface area (Å²) in [4.78, 5) is 27.5. The van der Waals surface area contributed by atoms with Crippen molar-refractivity contribution in [3.05, 3.63) is 75.3 Å². The van der Waals surface area contributed by atoms with Gasteiger partial charge in [-0.15, -0.1) is 0 Å². The second-order valence-corrected chi connectivity index (χ2v) is 5.52. The van der Waals surface area contributed by atoms with E-state index in [0.29, 0.717) is 17.4 Å². The second-order valence-electron chi connectivity index (χ2n) is 5.13. The molecule has 0 aliphatic heterocycles. The van der Waals surface area contributed by atoms with Crippen LogP contribution in [0.4, 0.5) is 0 Å². The summed E-state index contributed by atoms with van der Waals surface area (Å²) in [5.74, 6) is -0.259. The molecule has 3 rings (SSSR count). The molecule has 0 saturated heterocycles. The van der Waals surface area contributed by atoms with Gasteiger partial charge in [0.25, 0.3) is 5.56 Å². The van der Waals surface area contributed by atoms with Crippen LogP contribution in [0.1, 0.15) is 5.56 Å². The molecule has 2 N–H and O–H groups in total. The molecule has 5 nitrogen and oxygen atoms in total. The molecule has 2 aromatic carbocycles. The number of aromatic amines is 1. The first kappa shape index (κ1) is 15.2. The van der Waals surface area contributed by atoms with Crippen LogP contribution < -0.4 is 10.9 Å². The molecule has 0 unspecified atom stereocenters. The van der Waals surface area contributed by atoms with Crippen molar-refractivity contribution in [2.24, 2.45) is 0 Å². The van der Waals surface area contributed by atoms with Crippen LogP contribution >= 0.6 is 12.2 Å². The Morgan fingerprint density at radius 1 is 1.09 bits per heavy atom. The smallest absolute Gasteiger partial charge is 0.262 e. The highest BCUT2D eigenvalue weighted by molar-refractivity contribution is 7.71. The maximum absolute atomic E-state index is 12.5.